The number of hydrogen-bond donors (Lipinski definition) is 1. The second kappa shape index (κ2) is 10.4. The molecule has 0 saturated carbocycles. The van der Waals surface area contributed by atoms with Crippen molar-refractivity contribution in [2.75, 3.05) is 13.2 Å². The lowest BCUT2D eigenvalue weighted by Gasteiger charge is -2.15. The highest BCUT2D eigenvalue weighted by molar-refractivity contribution is 8.18. The van der Waals surface area contributed by atoms with Gasteiger partial charge in [-0.2, -0.15) is 0 Å². The lowest BCUT2D eigenvalue weighted by Crippen LogP contribution is -2.33. The molecule has 1 aliphatic rings. The first-order chi connectivity index (χ1) is 15.7. The average Bonchev–Trinajstić information content (AvgIpc) is 3.00. The van der Waals surface area contributed by atoms with Crippen LogP contribution in [0.15, 0.2) is 41.3 Å². The highest BCUT2D eigenvalue weighted by atomic mass is 35.5. The number of benzene rings is 2. The lowest BCUT2D eigenvalue weighted by atomic mass is 10.1. The van der Waals surface area contributed by atoms with Crippen LogP contribution in [-0.4, -0.2) is 45.2 Å². The summed E-state index contributed by atoms with van der Waals surface area (Å²) in [5, 5.41) is 19.3. The third-order valence-corrected chi connectivity index (χ3v) is 5.49. The molecule has 3 rings (SSSR count). The molecule has 0 radical (unpaired) electrons. The molecule has 0 unspecified atom stereocenters. The molecule has 0 bridgehead atoms. The Bertz CT molecular complexity index is 1170. The molecule has 0 spiro atoms. The molecule has 1 fully saturated rings. The summed E-state index contributed by atoms with van der Waals surface area (Å²) in [4.78, 5) is 46.3. The van der Waals surface area contributed by atoms with Gasteiger partial charge in [0.1, 0.15) is 13.2 Å². The number of carboxylic acids is 1. The fourth-order valence-electron chi connectivity index (χ4n) is 2.91. The minimum Gasteiger partial charge on any atom is -0.490 e. The second-order valence-corrected chi connectivity index (χ2v) is 8.04. The van der Waals surface area contributed by atoms with Crippen LogP contribution in [-0.2, 0) is 16.2 Å². The summed E-state index contributed by atoms with van der Waals surface area (Å²) in [5.74, 6) is -1.54. The summed E-state index contributed by atoms with van der Waals surface area (Å²) in [5.41, 5.74) is 0.922. The van der Waals surface area contributed by atoms with Crippen molar-refractivity contribution in [2.24, 2.45) is 0 Å². The number of nitrogens with zero attached hydrogens (tertiary/aromatic N) is 2. The summed E-state index contributed by atoms with van der Waals surface area (Å²) in [7, 11) is 0. The molecule has 10 nitrogen and oxygen atoms in total. The van der Waals surface area contributed by atoms with E-state index in [9.17, 15) is 24.5 Å². The van der Waals surface area contributed by atoms with E-state index in [0.717, 1.165) is 0 Å². The number of rotatable bonds is 9. The number of ether oxygens (including phenoxy) is 2. The van der Waals surface area contributed by atoms with Gasteiger partial charge in [-0.25, -0.2) is 0 Å². The van der Waals surface area contributed by atoms with E-state index in [1.807, 2.05) is 0 Å². The minimum absolute atomic E-state index is 0.00506. The standard InChI is InChI=1S/C21H17ClN2O8S/c1-2-31-16-8-13(9-17-20(27)23(10-18(25)26)21(28)33-17)7-15(22)19(16)32-11-12-4-3-5-14(6-12)24(29)30/h3-9H,2,10-11H2,1H3,(H,25,26)/b17-9+. The first-order valence-corrected chi connectivity index (χ1v) is 10.7. The van der Waals surface area contributed by atoms with Gasteiger partial charge in [-0.3, -0.25) is 29.4 Å². The van der Waals surface area contributed by atoms with Gasteiger partial charge in [0.15, 0.2) is 11.5 Å². The Balaban J connectivity index is 1.85. The largest absolute Gasteiger partial charge is 0.490 e. The number of aliphatic carboxylic acids is 1. The molecule has 2 aromatic carbocycles. The van der Waals surface area contributed by atoms with E-state index in [0.29, 0.717) is 27.8 Å². The van der Waals surface area contributed by atoms with Crippen molar-refractivity contribution in [2.45, 2.75) is 13.5 Å². The summed E-state index contributed by atoms with van der Waals surface area (Å²) in [6.07, 6.45) is 1.41. The Morgan fingerprint density at radius 2 is 2.03 bits per heavy atom. The molecule has 12 heteroatoms. The van der Waals surface area contributed by atoms with E-state index in [1.54, 1.807) is 25.1 Å². The number of nitro groups is 1. The minimum atomic E-state index is -1.30. The van der Waals surface area contributed by atoms with Crippen molar-refractivity contribution in [3.05, 3.63) is 67.6 Å². The van der Waals surface area contributed by atoms with Crippen LogP contribution in [0.3, 0.4) is 0 Å². The molecule has 1 N–H and O–H groups in total. The predicted molar refractivity (Wildman–Crippen MR) is 120 cm³/mol. The molecule has 1 saturated heterocycles. The van der Waals surface area contributed by atoms with Crippen LogP contribution < -0.4 is 9.47 Å². The van der Waals surface area contributed by atoms with Crippen LogP contribution in [0.25, 0.3) is 6.08 Å². The van der Waals surface area contributed by atoms with Crippen molar-refractivity contribution in [1.82, 2.24) is 4.90 Å². The zero-order valence-electron chi connectivity index (χ0n) is 17.1. The Kier molecular flexibility index (Phi) is 7.56. The van der Waals surface area contributed by atoms with E-state index in [2.05, 4.69) is 0 Å². The number of hydrogen-bond acceptors (Lipinski definition) is 8. The first-order valence-electron chi connectivity index (χ1n) is 9.49. The molecular weight excluding hydrogens is 476 g/mol. The van der Waals surface area contributed by atoms with Gasteiger partial charge in [0, 0.05) is 12.1 Å². The lowest BCUT2D eigenvalue weighted by molar-refractivity contribution is -0.384. The zero-order valence-corrected chi connectivity index (χ0v) is 18.7. The quantitative estimate of drug-likeness (QED) is 0.307. The van der Waals surface area contributed by atoms with Gasteiger partial charge in [0.05, 0.1) is 21.5 Å². The molecule has 2 aromatic rings. The van der Waals surface area contributed by atoms with E-state index in [1.165, 1.54) is 24.3 Å². The highest BCUT2D eigenvalue weighted by Gasteiger charge is 2.36. The Morgan fingerprint density at radius 3 is 2.70 bits per heavy atom. The monoisotopic (exact) mass is 492 g/mol. The van der Waals surface area contributed by atoms with Crippen molar-refractivity contribution >= 4 is 52.2 Å². The smallest absolute Gasteiger partial charge is 0.323 e. The van der Waals surface area contributed by atoms with Crippen LogP contribution in [0.5, 0.6) is 11.5 Å². The number of amides is 2. The number of nitro benzene ring substituents is 1. The van der Waals surface area contributed by atoms with Crippen LogP contribution in [0.4, 0.5) is 10.5 Å². The molecule has 1 heterocycles. The van der Waals surface area contributed by atoms with Crippen molar-refractivity contribution < 1.29 is 33.9 Å². The molecule has 33 heavy (non-hydrogen) atoms. The van der Waals surface area contributed by atoms with Crippen LogP contribution in [0.1, 0.15) is 18.1 Å². The normalized spacial score (nSPS) is 14.6. The number of carboxylic acid groups (broad SMARTS) is 1. The Hall–Kier alpha value is -3.57. The van der Waals surface area contributed by atoms with Gasteiger partial charge in [-0.15, -0.1) is 0 Å². The maximum Gasteiger partial charge on any atom is 0.323 e. The Labute approximate surface area is 196 Å². The number of halogens is 1. The van der Waals surface area contributed by atoms with Crippen LogP contribution in [0.2, 0.25) is 5.02 Å². The number of imide groups is 1. The zero-order chi connectivity index (χ0) is 24.1. The van der Waals surface area contributed by atoms with Gasteiger partial charge < -0.3 is 14.6 Å². The fraction of sp³-hybridized carbons (Fsp3) is 0.190. The van der Waals surface area contributed by atoms with Gasteiger partial charge >= 0.3 is 5.97 Å². The summed E-state index contributed by atoms with van der Waals surface area (Å²) in [6, 6.07) is 9.03. The Morgan fingerprint density at radius 1 is 1.27 bits per heavy atom. The van der Waals surface area contributed by atoms with Gasteiger partial charge in [-0.1, -0.05) is 23.7 Å². The molecular formula is C21H17ClN2O8S. The van der Waals surface area contributed by atoms with E-state index >= 15 is 0 Å². The fourth-order valence-corrected chi connectivity index (χ4v) is 4.02. The number of non-ortho nitro benzene ring substituents is 1. The third kappa shape index (κ3) is 5.82. The molecule has 0 atom stereocenters. The van der Waals surface area contributed by atoms with Crippen LogP contribution in [0, 0.1) is 10.1 Å². The van der Waals surface area contributed by atoms with Crippen molar-refractivity contribution in [3.8, 4) is 11.5 Å². The van der Waals surface area contributed by atoms with Crippen molar-refractivity contribution in [3.63, 3.8) is 0 Å². The number of thioether (sulfide) groups is 1. The van der Waals surface area contributed by atoms with Crippen molar-refractivity contribution in [1.29, 1.82) is 0 Å². The van der Waals surface area contributed by atoms with E-state index < -0.39 is 28.6 Å². The first kappa shape index (κ1) is 24.1. The summed E-state index contributed by atoms with van der Waals surface area (Å²) >= 11 is 7.00. The molecule has 2 amide bonds. The van der Waals surface area contributed by atoms with Crippen LogP contribution >= 0.6 is 23.4 Å². The molecule has 0 aliphatic carbocycles. The van der Waals surface area contributed by atoms with Gasteiger partial charge in [-0.05, 0) is 48.0 Å². The molecule has 0 aromatic heterocycles. The van der Waals surface area contributed by atoms with Gasteiger partial charge in [0.25, 0.3) is 16.8 Å². The number of carbonyl (C=O) groups is 3. The maximum absolute atomic E-state index is 12.4. The molecule has 1 aliphatic heterocycles. The second-order valence-electron chi connectivity index (χ2n) is 6.64. The van der Waals surface area contributed by atoms with E-state index in [-0.39, 0.29) is 40.3 Å². The SMILES string of the molecule is CCOc1cc(/C=C2/SC(=O)N(CC(=O)O)C2=O)cc(Cl)c1OCc1cccc([N+](=O)[O-])c1. The van der Waals surface area contributed by atoms with E-state index in [4.69, 9.17) is 26.2 Å². The summed E-state index contributed by atoms with van der Waals surface area (Å²) in [6.45, 7) is 1.30. The maximum atomic E-state index is 12.4. The topological polar surface area (TPSA) is 136 Å². The third-order valence-electron chi connectivity index (χ3n) is 4.30. The summed E-state index contributed by atoms with van der Waals surface area (Å²) < 4.78 is 11.4. The molecule has 172 valence electrons. The van der Waals surface area contributed by atoms with Gasteiger partial charge in [0.2, 0.25) is 0 Å². The number of carbonyl (C=O) groups excluding carboxylic acids is 2. The average molecular weight is 493 g/mol. The predicted octanol–water partition coefficient (Wildman–Crippen LogP) is 4.35. The highest BCUT2D eigenvalue weighted by Crippen LogP contribution is 2.39.